The highest BCUT2D eigenvalue weighted by atomic mass is 35.5. The van der Waals surface area contributed by atoms with Gasteiger partial charge in [-0.05, 0) is 13.8 Å². The van der Waals surface area contributed by atoms with Gasteiger partial charge in [0.1, 0.15) is 0 Å². The summed E-state index contributed by atoms with van der Waals surface area (Å²) in [7, 11) is 0. The van der Waals surface area contributed by atoms with E-state index in [1.54, 1.807) is 0 Å². The van der Waals surface area contributed by atoms with Crippen molar-refractivity contribution in [2.24, 2.45) is 0 Å². The summed E-state index contributed by atoms with van der Waals surface area (Å²) in [5.41, 5.74) is 0.288. The van der Waals surface area contributed by atoms with Crippen LogP contribution in [0.3, 0.4) is 0 Å². The molecule has 0 aromatic carbocycles. The summed E-state index contributed by atoms with van der Waals surface area (Å²) in [4.78, 5) is 19.7. The van der Waals surface area contributed by atoms with E-state index in [2.05, 4.69) is 17.9 Å². The van der Waals surface area contributed by atoms with E-state index in [9.17, 15) is 9.59 Å². The van der Waals surface area contributed by atoms with Gasteiger partial charge in [-0.3, -0.25) is 0 Å². The van der Waals surface area contributed by atoms with Crippen LogP contribution < -0.4 is 0 Å². The van der Waals surface area contributed by atoms with Crippen LogP contribution in [0.1, 0.15) is 13.8 Å². The Morgan fingerprint density at radius 2 is 1.80 bits per heavy atom. The fraction of sp³-hybridized carbons (Fsp3) is 0.333. The Hall–Kier alpha value is -1.33. The van der Waals surface area contributed by atoms with Crippen LogP contribution in [-0.4, -0.2) is 28.4 Å². The number of esters is 1. The highest BCUT2D eigenvalue weighted by Gasteiger charge is 2.04. The van der Waals surface area contributed by atoms with Crippen LogP contribution in [0.25, 0.3) is 0 Å². The molecule has 2 N–H and O–H groups in total. The molecular formula is C9H15ClO5. The number of aliphatic hydroxyl groups is 1. The number of carbonyl (C=O) groups is 2. The first-order valence-electron chi connectivity index (χ1n) is 3.71. The van der Waals surface area contributed by atoms with E-state index >= 15 is 0 Å². The third-order valence-electron chi connectivity index (χ3n) is 0.801. The summed E-state index contributed by atoms with van der Waals surface area (Å²) >= 11 is 0. The molecule has 0 saturated heterocycles. The molecule has 0 aliphatic heterocycles. The average molecular weight is 239 g/mol. The summed E-state index contributed by atoms with van der Waals surface area (Å²) in [6.07, 6.45) is -0.214. The molecule has 0 aliphatic rings. The van der Waals surface area contributed by atoms with Crippen molar-refractivity contribution in [2.75, 3.05) is 0 Å². The number of aliphatic carboxylic acids is 1. The molecule has 1 unspecified atom stereocenters. The quantitative estimate of drug-likeness (QED) is 0.437. The maximum atomic E-state index is 10.5. The lowest BCUT2D eigenvalue weighted by Gasteiger charge is -2.04. The maximum absolute atomic E-state index is 10.5. The lowest BCUT2D eigenvalue weighted by Crippen LogP contribution is -2.13. The number of carboxylic acids is 1. The minimum absolute atomic E-state index is 0. The molecular weight excluding hydrogens is 224 g/mol. The molecule has 1 atom stereocenters. The summed E-state index contributed by atoms with van der Waals surface area (Å²) < 4.78 is 4.33. The highest BCUT2D eigenvalue weighted by molar-refractivity contribution is 5.86. The zero-order valence-electron chi connectivity index (χ0n) is 8.60. The Balaban J connectivity index is -0.000000208. The van der Waals surface area contributed by atoms with Crippen LogP contribution in [0.15, 0.2) is 24.8 Å². The smallest absolute Gasteiger partial charge is 0.335 e. The molecule has 0 spiro atoms. The van der Waals surface area contributed by atoms with Gasteiger partial charge in [0.25, 0.3) is 0 Å². The molecule has 0 fully saturated rings. The minimum atomic E-state index is -1.05. The van der Waals surface area contributed by atoms with E-state index in [4.69, 9.17) is 10.2 Å². The fourth-order valence-electron chi connectivity index (χ4n) is 0.255. The fourth-order valence-corrected chi connectivity index (χ4v) is 0.255. The van der Waals surface area contributed by atoms with Gasteiger partial charge in [-0.25, -0.2) is 9.59 Å². The van der Waals surface area contributed by atoms with Crippen molar-refractivity contribution in [2.45, 2.75) is 20.1 Å². The third kappa shape index (κ3) is 19.2. The Morgan fingerprint density at radius 3 is 1.87 bits per heavy atom. The summed E-state index contributed by atoms with van der Waals surface area (Å²) in [6, 6.07) is 0. The number of hydrogen-bond donors (Lipinski definition) is 2. The molecule has 5 nitrogen and oxygen atoms in total. The van der Waals surface area contributed by atoms with Crippen LogP contribution in [-0.2, 0) is 14.3 Å². The topological polar surface area (TPSA) is 83.8 Å². The molecule has 6 heteroatoms. The van der Waals surface area contributed by atoms with E-state index in [1.165, 1.54) is 13.8 Å². The summed E-state index contributed by atoms with van der Waals surface area (Å²) in [6.45, 7) is 9.16. The summed E-state index contributed by atoms with van der Waals surface area (Å²) in [5.74, 6) is -1.55. The first-order chi connectivity index (χ1) is 6.31. The third-order valence-corrected chi connectivity index (χ3v) is 0.801. The van der Waals surface area contributed by atoms with Gasteiger partial charge in [-0.2, -0.15) is 0 Å². The van der Waals surface area contributed by atoms with Crippen molar-refractivity contribution in [1.82, 2.24) is 0 Å². The van der Waals surface area contributed by atoms with E-state index in [0.29, 0.717) is 0 Å². The van der Waals surface area contributed by atoms with Gasteiger partial charge >= 0.3 is 11.9 Å². The van der Waals surface area contributed by atoms with Crippen molar-refractivity contribution in [1.29, 1.82) is 0 Å². The number of hydrogen-bond acceptors (Lipinski definition) is 4. The van der Waals surface area contributed by atoms with E-state index in [1.807, 2.05) is 0 Å². The van der Waals surface area contributed by atoms with Crippen molar-refractivity contribution >= 4 is 24.3 Å². The van der Waals surface area contributed by atoms with Crippen LogP contribution in [0.4, 0.5) is 0 Å². The molecule has 15 heavy (non-hydrogen) atoms. The second-order valence-electron chi connectivity index (χ2n) is 2.33. The van der Waals surface area contributed by atoms with Gasteiger partial charge < -0.3 is 14.9 Å². The van der Waals surface area contributed by atoms with Crippen molar-refractivity contribution < 1.29 is 24.5 Å². The number of carbonyl (C=O) groups excluding carboxylic acids is 1. The Labute approximate surface area is 94.5 Å². The van der Waals surface area contributed by atoms with Gasteiger partial charge in [0, 0.05) is 11.6 Å². The Bertz CT molecular complexity index is 235. The molecule has 0 aromatic heterocycles. The zero-order chi connectivity index (χ0) is 11.7. The van der Waals surface area contributed by atoms with E-state index in [-0.39, 0.29) is 18.0 Å². The van der Waals surface area contributed by atoms with Crippen LogP contribution in [0, 0.1) is 0 Å². The first-order valence-corrected chi connectivity index (χ1v) is 3.71. The lowest BCUT2D eigenvalue weighted by molar-refractivity contribution is -0.159. The Kier molecular flexibility index (Phi) is 13.8. The van der Waals surface area contributed by atoms with Crippen LogP contribution in [0.2, 0.25) is 0 Å². The van der Waals surface area contributed by atoms with E-state index in [0.717, 1.165) is 6.08 Å². The van der Waals surface area contributed by atoms with Crippen LogP contribution >= 0.6 is 12.4 Å². The molecule has 0 saturated carbocycles. The second kappa shape index (κ2) is 10.7. The van der Waals surface area contributed by atoms with E-state index < -0.39 is 18.2 Å². The predicted octanol–water partition coefficient (Wildman–Crippen LogP) is 1.12. The second-order valence-corrected chi connectivity index (χ2v) is 2.33. The molecule has 0 aromatic rings. The lowest BCUT2D eigenvalue weighted by atomic mass is 10.4. The first kappa shape index (κ1) is 19.3. The predicted molar refractivity (Wildman–Crippen MR) is 57.7 cm³/mol. The number of carboxylic acid groups (broad SMARTS) is 1. The largest absolute Gasteiger partial charge is 0.478 e. The van der Waals surface area contributed by atoms with Gasteiger partial charge in [0.15, 0.2) is 6.29 Å². The SMILES string of the molecule is C=C(C)C(=O)OC(C)O.C=CC(=O)O.Cl. The van der Waals surface area contributed by atoms with Gasteiger partial charge in [-0.1, -0.05) is 13.2 Å². The summed E-state index contributed by atoms with van der Waals surface area (Å²) in [5, 5.41) is 16.1. The molecule has 0 aliphatic carbocycles. The molecule has 0 heterocycles. The van der Waals surface area contributed by atoms with Crippen molar-refractivity contribution in [3.8, 4) is 0 Å². The number of rotatable bonds is 3. The number of halogens is 1. The normalized spacial score (nSPS) is 9.53. The molecule has 0 radical (unpaired) electrons. The van der Waals surface area contributed by atoms with Crippen molar-refractivity contribution in [3.63, 3.8) is 0 Å². The van der Waals surface area contributed by atoms with Gasteiger partial charge in [-0.15, -0.1) is 12.4 Å². The molecule has 0 amide bonds. The van der Waals surface area contributed by atoms with Crippen LogP contribution in [0.5, 0.6) is 0 Å². The average Bonchev–Trinajstić information content (AvgIpc) is 2.04. The highest BCUT2D eigenvalue weighted by Crippen LogP contribution is 1.94. The van der Waals surface area contributed by atoms with Crippen molar-refractivity contribution in [3.05, 3.63) is 24.8 Å². The molecule has 88 valence electrons. The number of ether oxygens (including phenoxy) is 1. The monoisotopic (exact) mass is 238 g/mol. The van der Waals surface area contributed by atoms with Gasteiger partial charge in [0.05, 0.1) is 0 Å². The number of aliphatic hydroxyl groups excluding tert-OH is 1. The minimum Gasteiger partial charge on any atom is -0.478 e. The van der Waals surface area contributed by atoms with Gasteiger partial charge in [0.2, 0.25) is 0 Å². The zero-order valence-corrected chi connectivity index (χ0v) is 9.41. The Morgan fingerprint density at radius 1 is 1.47 bits per heavy atom. The standard InChI is InChI=1S/C6H10O3.C3H4O2.ClH/c1-4(2)6(8)9-5(3)7;1-2-3(4)5;/h5,7H,1H2,2-3H3;2H,1H2,(H,4,5);1H. The maximum Gasteiger partial charge on any atom is 0.335 e. The molecule has 0 bridgehead atoms. The molecule has 0 rings (SSSR count).